The number of anilines is 1. The van der Waals surface area contributed by atoms with Crippen LogP contribution in [0.5, 0.6) is 0 Å². The van der Waals surface area contributed by atoms with E-state index in [1.165, 1.54) is 12.1 Å². The van der Waals surface area contributed by atoms with Crippen LogP contribution in [0.3, 0.4) is 0 Å². The minimum Gasteiger partial charge on any atom is -0.378 e. The van der Waals surface area contributed by atoms with Crippen molar-refractivity contribution in [2.24, 2.45) is 0 Å². The van der Waals surface area contributed by atoms with Gasteiger partial charge in [0.05, 0.1) is 30.6 Å². The number of benzene rings is 1. The molecule has 1 amide bonds. The Kier molecular flexibility index (Phi) is 6.06. The van der Waals surface area contributed by atoms with Crippen LogP contribution in [0.4, 0.5) is 5.69 Å². The normalized spacial score (nSPS) is 20.6. The average Bonchev–Trinajstić information content (AvgIpc) is 3.22. The molecule has 2 aliphatic rings. The molecule has 1 aliphatic heterocycles. The molecule has 3 rings (SSSR count). The van der Waals surface area contributed by atoms with Gasteiger partial charge in [-0.05, 0) is 43.9 Å². The van der Waals surface area contributed by atoms with E-state index in [0.29, 0.717) is 18.9 Å². The van der Waals surface area contributed by atoms with Crippen molar-refractivity contribution in [1.82, 2.24) is 4.72 Å². The van der Waals surface area contributed by atoms with E-state index < -0.39 is 10.0 Å². The SMILES string of the molecule is O=C(CCOCC1CCCO1)Nc1cccc(S(=O)(=O)NC2CC2)c1. The maximum atomic E-state index is 12.2. The maximum Gasteiger partial charge on any atom is 0.240 e. The lowest BCUT2D eigenvalue weighted by Gasteiger charge is -2.11. The number of rotatable bonds is 9. The Bertz CT molecular complexity index is 697. The first-order chi connectivity index (χ1) is 12.0. The Labute approximate surface area is 148 Å². The molecule has 0 bridgehead atoms. The molecular weight excluding hydrogens is 344 g/mol. The third kappa shape index (κ3) is 5.78. The highest BCUT2D eigenvalue weighted by molar-refractivity contribution is 7.89. The lowest BCUT2D eigenvalue weighted by Crippen LogP contribution is -2.25. The van der Waals surface area contributed by atoms with Crippen molar-refractivity contribution in [2.75, 3.05) is 25.1 Å². The molecule has 2 N–H and O–H groups in total. The average molecular weight is 368 g/mol. The summed E-state index contributed by atoms with van der Waals surface area (Å²) in [4.78, 5) is 12.1. The van der Waals surface area contributed by atoms with Crippen molar-refractivity contribution >= 4 is 21.6 Å². The van der Waals surface area contributed by atoms with Crippen LogP contribution in [-0.2, 0) is 24.3 Å². The molecule has 0 radical (unpaired) electrons. The van der Waals surface area contributed by atoms with Gasteiger partial charge in [0, 0.05) is 18.3 Å². The minimum absolute atomic E-state index is 0.0456. The van der Waals surface area contributed by atoms with Gasteiger partial charge >= 0.3 is 0 Å². The molecule has 1 unspecified atom stereocenters. The fourth-order valence-electron chi connectivity index (χ4n) is 2.61. The summed E-state index contributed by atoms with van der Waals surface area (Å²) in [6.07, 6.45) is 4.17. The second kappa shape index (κ2) is 8.27. The number of ether oxygens (including phenoxy) is 2. The minimum atomic E-state index is -3.53. The topological polar surface area (TPSA) is 93.7 Å². The number of sulfonamides is 1. The number of hydrogen-bond donors (Lipinski definition) is 2. The number of carbonyl (C=O) groups is 1. The van der Waals surface area contributed by atoms with Crippen LogP contribution in [0.15, 0.2) is 29.2 Å². The Morgan fingerprint density at radius 3 is 2.84 bits per heavy atom. The zero-order chi connectivity index (χ0) is 17.7. The van der Waals surface area contributed by atoms with Gasteiger partial charge in [-0.1, -0.05) is 6.07 Å². The summed E-state index contributed by atoms with van der Waals surface area (Å²) in [5.41, 5.74) is 0.461. The van der Waals surface area contributed by atoms with Crippen LogP contribution in [0.2, 0.25) is 0 Å². The summed E-state index contributed by atoms with van der Waals surface area (Å²) in [6.45, 7) is 1.60. The van der Waals surface area contributed by atoms with Crippen molar-refractivity contribution < 1.29 is 22.7 Å². The van der Waals surface area contributed by atoms with Crippen molar-refractivity contribution in [3.63, 3.8) is 0 Å². The molecule has 138 valence electrons. The summed E-state index contributed by atoms with van der Waals surface area (Å²) < 4.78 is 37.9. The fourth-order valence-corrected chi connectivity index (χ4v) is 3.96. The Hall–Kier alpha value is -1.48. The van der Waals surface area contributed by atoms with Gasteiger partial charge in [0.15, 0.2) is 0 Å². The monoisotopic (exact) mass is 368 g/mol. The van der Waals surface area contributed by atoms with Crippen LogP contribution in [-0.4, -0.2) is 46.3 Å². The third-order valence-electron chi connectivity index (χ3n) is 4.13. The lowest BCUT2D eigenvalue weighted by molar-refractivity contribution is -0.117. The molecule has 1 aromatic rings. The number of carbonyl (C=O) groups excluding carboxylic acids is 1. The molecule has 1 atom stereocenters. The molecular formula is C17H24N2O5S. The molecule has 8 heteroatoms. The fraction of sp³-hybridized carbons (Fsp3) is 0.588. The summed E-state index contributed by atoms with van der Waals surface area (Å²) in [7, 11) is -3.53. The van der Waals surface area contributed by atoms with Gasteiger partial charge < -0.3 is 14.8 Å². The quantitative estimate of drug-likeness (QED) is 0.647. The van der Waals surface area contributed by atoms with Crippen LogP contribution >= 0.6 is 0 Å². The number of hydrogen-bond acceptors (Lipinski definition) is 5. The van der Waals surface area contributed by atoms with Gasteiger partial charge in [-0.15, -0.1) is 0 Å². The molecule has 7 nitrogen and oxygen atoms in total. The largest absolute Gasteiger partial charge is 0.378 e. The van der Waals surface area contributed by atoms with Crippen molar-refractivity contribution in [3.05, 3.63) is 24.3 Å². The van der Waals surface area contributed by atoms with E-state index in [2.05, 4.69) is 10.0 Å². The van der Waals surface area contributed by atoms with Gasteiger partial charge in [0.1, 0.15) is 0 Å². The van der Waals surface area contributed by atoms with E-state index in [-0.39, 0.29) is 29.4 Å². The third-order valence-corrected chi connectivity index (χ3v) is 5.65. The highest BCUT2D eigenvalue weighted by Gasteiger charge is 2.28. The van der Waals surface area contributed by atoms with E-state index in [4.69, 9.17) is 9.47 Å². The Balaban J connectivity index is 1.45. The summed E-state index contributed by atoms with van der Waals surface area (Å²) in [6, 6.07) is 6.32. The zero-order valence-electron chi connectivity index (χ0n) is 14.1. The van der Waals surface area contributed by atoms with Crippen molar-refractivity contribution in [3.8, 4) is 0 Å². The molecule has 0 spiro atoms. The molecule has 1 saturated heterocycles. The van der Waals surface area contributed by atoms with Gasteiger partial charge in [0.25, 0.3) is 0 Å². The molecule has 1 saturated carbocycles. The first kappa shape index (κ1) is 18.3. The lowest BCUT2D eigenvalue weighted by atomic mass is 10.2. The molecule has 0 aromatic heterocycles. The van der Waals surface area contributed by atoms with Crippen molar-refractivity contribution in [2.45, 2.75) is 49.1 Å². The molecule has 1 aliphatic carbocycles. The van der Waals surface area contributed by atoms with Crippen LogP contribution in [0.1, 0.15) is 32.1 Å². The zero-order valence-corrected chi connectivity index (χ0v) is 14.9. The van der Waals surface area contributed by atoms with E-state index in [0.717, 1.165) is 32.3 Å². The highest BCUT2D eigenvalue weighted by atomic mass is 32.2. The Morgan fingerprint density at radius 1 is 1.28 bits per heavy atom. The number of nitrogens with one attached hydrogen (secondary N) is 2. The highest BCUT2D eigenvalue weighted by Crippen LogP contribution is 2.23. The molecule has 25 heavy (non-hydrogen) atoms. The second-order valence-corrected chi connectivity index (χ2v) is 8.15. The van der Waals surface area contributed by atoms with Gasteiger partial charge in [-0.3, -0.25) is 4.79 Å². The van der Waals surface area contributed by atoms with Crippen LogP contribution < -0.4 is 10.0 Å². The predicted octanol–water partition coefficient (Wildman–Crippen LogP) is 1.65. The van der Waals surface area contributed by atoms with E-state index in [1.807, 2.05) is 0 Å². The first-order valence-corrected chi connectivity index (χ1v) is 10.1. The van der Waals surface area contributed by atoms with Crippen LogP contribution in [0, 0.1) is 0 Å². The predicted molar refractivity (Wildman–Crippen MR) is 92.8 cm³/mol. The van der Waals surface area contributed by atoms with Crippen LogP contribution in [0.25, 0.3) is 0 Å². The molecule has 1 heterocycles. The van der Waals surface area contributed by atoms with Gasteiger partial charge in [0.2, 0.25) is 15.9 Å². The van der Waals surface area contributed by atoms with Gasteiger partial charge in [-0.25, -0.2) is 13.1 Å². The van der Waals surface area contributed by atoms with E-state index >= 15 is 0 Å². The second-order valence-electron chi connectivity index (χ2n) is 6.43. The van der Waals surface area contributed by atoms with Gasteiger partial charge in [-0.2, -0.15) is 0 Å². The number of amides is 1. The molecule has 2 fully saturated rings. The summed E-state index contributed by atoms with van der Waals surface area (Å²) >= 11 is 0. The van der Waals surface area contributed by atoms with E-state index in [1.54, 1.807) is 12.1 Å². The maximum absolute atomic E-state index is 12.2. The summed E-state index contributed by atoms with van der Waals surface area (Å²) in [5.74, 6) is -0.211. The van der Waals surface area contributed by atoms with E-state index in [9.17, 15) is 13.2 Å². The molecule has 1 aromatic carbocycles. The summed E-state index contributed by atoms with van der Waals surface area (Å²) in [5, 5.41) is 2.71. The Morgan fingerprint density at radius 2 is 2.12 bits per heavy atom. The first-order valence-electron chi connectivity index (χ1n) is 8.64. The smallest absolute Gasteiger partial charge is 0.240 e. The van der Waals surface area contributed by atoms with Crippen molar-refractivity contribution in [1.29, 1.82) is 0 Å². The standard InChI is InChI=1S/C17H24N2O5S/c20-17(8-10-23-12-15-4-2-9-24-15)18-14-3-1-5-16(11-14)25(21,22)19-13-6-7-13/h1,3,5,11,13,15,19H,2,4,6-10,12H2,(H,18,20).